The lowest BCUT2D eigenvalue weighted by molar-refractivity contribution is 0.104. The molecule has 0 aromatic heterocycles. The molecule has 0 bridgehead atoms. The van der Waals surface area contributed by atoms with Crippen LogP contribution in [0, 0.1) is 41.5 Å². The van der Waals surface area contributed by atoms with Gasteiger partial charge in [0.1, 0.15) is 5.75 Å². The molecule has 4 nitrogen and oxygen atoms in total. The molecule has 0 spiro atoms. The summed E-state index contributed by atoms with van der Waals surface area (Å²) in [6.45, 7) is 13.5. The van der Waals surface area contributed by atoms with Crippen LogP contribution in [-0.2, 0) is 4.57 Å². The summed E-state index contributed by atoms with van der Waals surface area (Å²) in [6.07, 6.45) is 0. The molecule has 0 saturated carbocycles. The van der Waals surface area contributed by atoms with Crippen molar-refractivity contribution < 1.29 is 18.9 Å². The quantitative estimate of drug-likeness (QED) is 0.371. The molecule has 0 saturated heterocycles. The summed E-state index contributed by atoms with van der Waals surface area (Å²) >= 11 is 0. The van der Waals surface area contributed by atoms with Crippen LogP contribution < -0.4 is 10.0 Å². The number of hydrogen-bond donors (Lipinski definition) is 0. The van der Waals surface area contributed by atoms with E-state index in [1.807, 2.05) is 72.7 Å². The van der Waals surface area contributed by atoms with Gasteiger partial charge in [-0.2, -0.15) is 0 Å². The fourth-order valence-corrected chi connectivity index (χ4v) is 7.15. The highest BCUT2D eigenvalue weighted by Gasteiger charge is 2.44. The largest absolute Gasteiger partial charge is 0.494 e. The van der Waals surface area contributed by atoms with E-state index in [4.69, 9.17) is 4.74 Å². The number of carbonyl (C=O) groups is 2. The van der Waals surface area contributed by atoms with Crippen molar-refractivity contribution in [3.05, 3.63) is 93.0 Å². The molecule has 0 aliphatic heterocycles. The van der Waals surface area contributed by atoms with E-state index < -0.39 is 18.2 Å². The minimum atomic E-state index is -4.21. The summed E-state index contributed by atoms with van der Waals surface area (Å²) in [6, 6.07) is 14.0. The number of benzene rings is 3. The Labute approximate surface area is 196 Å². The van der Waals surface area contributed by atoms with Crippen LogP contribution in [0.1, 0.15) is 61.0 Å². The first-order valence-electron chi connectivity index (χ1n) is 11.1. The Morgan fingerprint density at radius 3 is 1.39 bits per heavy atom. The molecule has 3 aromatic rings. The molecule has 0 atom stereocenters. The molecule has 0 amide bonds. The van der Waals surface area contributed by atoms with Crippen molar-refractivity contribution in [1.29, 1.82) is 0 Å². The van der Waals surface area contributed by atoms with Crippen LogP contribution in [0.15, 0.2) is 48.5 Å². The van der Waals surface area contributed by atoms with Gasteiger partial charge in [0, 0.05) is 16.4 Å². The monoisotopic (exact) mass is 462 g/mol. The summed E-state index contributed by atoms with van der Waals surface area (Å²) in [5.41, 5.74) is 4.35. The van der Waals surface area contributed by atoms with Gasteiger partial charge >= 0.3 is 0 Å². The van der Waals surface area contributed by atoms with Gasteiger partial charge in [0.25, 0.3) is 0 Å². The third kappa shape index (κ3) is 4.58. The molecule has 0 fully saturated rings. The zero-order chi connectivity index (χ0) is 24.5. The molecule has 0 aliphatic carbocycles. The van der Waals surface area contributed by atoms with Gasteiger partial charge in [0.2, 0.25) is 18.2 Å². The van der Waals surface area contributed by atoms with Gasteiger partial charge in [0.05, 0.1) is 6.61 Å². The van der Waals surface area contributed by atoms with Crippen molar-refractivity contribution in [2.24, 2.45) is 0 Å². The second-order valence-corrected chi connectivity index (χ2v) is 11.2. The second-order valence-electron chi connectivity index (χ2n) is 8.69. The number of carbonyl (C=O) groups excluding carboxylic acids is 2. The van der Waals surface area contributed by atoms with E-state index in [-0.39, 0.29) is 5.30 Å². The van der Waals surface area contributed by atoms with Crippen LogP contribution in [0.25, 0.3) is 0 Å². The maximum Gasteiger partial charge on any atom is 0.248 e. The topological polar surface area (TPSA) is 60.4 Å². The van der Waals surface area contributed by atoms with Crippen LogP contribution >= 0.6 is 7.14 Å². The summed E-state index contributed by atoms with van der Waals surface area (Å²) in [4.78, 5) is 28.0. The fraction of sp³-hybridized carbons (Fsp3) is 0.286. The fourth-order valence-electron chi connectivity index (χ4n) is 4.60. The standard InChI is InChI=1S/C28H31O4P/c1-8-32-23-9-11-24(12-10-23)33(31,27(29)25-19(4)13-17(2)14-20(25)5)28(30)26-21(6)15-18(3)16-22(26)7/h9-16H,8H2,1-7H3. The minimum Gasteiger partial charge on any atom is -0.494 e. The molecular formula is C28H31O4P. The van der Waals surface area contributed by atoms with Gasteiger partial charge in [-0.25, -0.2) is 0 Å². The Balaban J connectivity index is 2.29. The van der Waals surface area contributed by atoms with Crippen molar-refractivity contribution in [1.82, 2.24) is 0 Å². The first kappa shape index (κ1) is 24.7. The second kappa shape index (κ2) is 9.49. The molecule has 172 valence electrons. The first-order chi connectivity index (χ1) is 15.5. The van der Waals surface area contributed by atoms with Gasteiger partial charge < -0.3 is 9.30 Å². The normalized spacial score (nSPS) is 11.4. The van der Waals surface area contributed by atoms with E-state index >= 15 is 0 Å². The van der Waals surface area contributed by atoms with Crippen LogP contribution in [0.5, 0.6) is 5.75 Å². The molecule has 5 heteroatoms. The average Bonchev–Trinajstić information content (AvgIpc) is 2.72. The van der Waals surface area contributed by atoms with Crippen LogP contribution in [-0.4, -0.2) is 17.7 Å². The van der Waals surface area contributed by atoms with E-state index in [1.54, 1.807) is 24.3 Å². The van der Waals surface area contributed by atoms with Crippen LogP contribution in [0.2, 0.25) is 0 Å². The maximum absolute atomic E-state index is 14.7. The Bertz CT molecular complexity index is 1170. The molecular weight excluding hydrogens is 431 g/mol. The van der Waals surface area contributed by atoms with Gasteiger partial charge in [-0.15, -0.1) is 0 Å². The summed E-state index contributed by atoms with van der Waals surface area (Å²) in [7, 11) is -4.21. The van der Waals surface area contributed by atoms with E-state index in [0.29, 0.717) is 45.7 Å². The van der Waals surface area contributed by atoms with E-state index in [9.17, 15) is 14.2 Å². The molecule has 0 heterocycles. The van der Waals surface area contributed by atoms with Crippen molar-refractivity contribution in [3.63, 3.8) is 0 Å². The van der Waals surface area contributed by atoms with Gasteiger partial charge in [-0.05, 0) is 95.0 Å². The average molecular weight is 463 g/mol. The number of hydrogen-bond acceptors (Lipinski definition) is 4. The Morgan fingerprint density at radius 2 is 1.06 bits per heavy atom. The Morgan fingerprint density at radius 1 is 0.697 bits per heavy atom. The lowest BCUT2D eigenvalue weighted by atomic mass is 10.0. The molecule has 33 heavy (non-hydrogen) atoms. The van der Waals surface area contributed by atoms with Crippen molar-refractivity contribution in [3.8, 4) is 5.75 Å². The molecule has 0 N–H and O–H groups in total. The highest BCUT2D eigenvalue weighted by molar-refractivity contribution is 8.01. The molecule has 0 unspecified atom stereocenters. The lowest BCUT2D eigenvalue weighted by Crippen LogP contribution is -2.23. The van der Waals surface area contributed by atoms with Crippen molar-refractivity contribution in [2.75, 3.05) is 6.61 Å². The highest BCUT2D eigenvalue weighted by atomic mass is 31.2. The van der Waals surface area contributed by atoms with Crippen molar-refractivity contribution in [2.45, 2.75) is 48.5 Å². The number of aryl methyl sites for hydroxylation is 6. The predicted octanol–water partition coefficient (Wildman–Crippen LogP) is 6.61. The predicted molar refractivity (Wildman–Crippen MR) is 135 cm³/mol. The number of ether oxygens (including phenoxy) is 1. The first-order valence-corrected chi connectivity index (χ1v) is 12.8. The smallest absolute Gasteiger partial charge is 0.248 e. The summed E-state index contributed by atoms with van der Waals surface area (Å²) in [5.74, 6) is 0.595. The lowest BCUT2D eigenvalue weighted by Gasteiger charge is -2.21. The van der Waals surface area contributed by atoms with Gasteiger partial charge in [-0.3, -0.25) is 9.59 Å². The van der Waals surface area contributed by atoms with E-state index in [0.717, 1.165) is 11.1 Å². The van der Waals surface area contributed by atoms with Gasteiger partial charge in [-0.1, -0.05) is 35.4 Å². The molecule has 3 aromatic carbocycles. The zero-order valence-corrected chi connectivity index (χ0v) is 21.3. The highest BCUT2D eigenvalue weighted by Crippen LogP contribution is 2.52. The molecule has 0 aliphatic rings. The molecule has 0 radical (unpaired) electrons. The van der Waals surface area contributed by atoms with Gasteiger partial charge in [0.15, 0.2) is 0 Å². The Hall–Kier alpha value is -2.97. The number of rotatable bonds is 7. The van der Waals surface area contributed by atoms with E-state index in [2.05, 4.69) is 0 Å². The minimum absolute atomic E-state index is 0.222. The third-order valence-electron chi connectivity index (χ3n) is 5.87. The SMILES string of the molecule is CCOc1ccc(P(=O)(C(=O)c2c(C)cc(C)cc2C)C(=O)c2c(C)cc(C)cc2C)cc1. The van der Waals surface area contributed by atoms with Crippen LogP contribution in [0.3, 0.4) is 0 Å². The molecule has 3 rings (SSSR count). The third-order valence-corrected chi connectivity index (χ3v) is 8.48. The Kier molecular flexibility index (Phi) is 7.09. The van der Waals surface area contributed by atoms with E-state index in [1.165, 1.54) is 0 Å². The summed E-state index contributed by atoms with van der Waals surface area (Å²) < 4.78 is 20.2. The maximum atomic E-state index is 14.7. The van der Waals surface area contributed by atoms with Crippen molar-refractivity contribution >= 4 is 23.5 Å². The zero-order valence-electron chi connectivity index (χ0n) is 20.4. The van der Waals surface area contributed by atoms with Crippen LogP contribution in [0.4, 0.5) is 0 Å². The summed E-state index contributed by atoms with van der Waals surface area (Å²) in [5, 5.41) is 0.222.